The van der Waals surface area contributed by atoms with Gasteiger partial charge < -0.3 is 0 Å². The highest BCUT2D eigenvalue weighted by atomic mass is 32.1. The summed E-state index contributed by atoms with van der Waals surface area (Å²) < 4.78 is 3.30. The monoisotopic (exact) mass is 362 g/mol. The van der Waals surface area contributed by atoms with Crippen LogP contribution in [0.1, 0.15) is 50.7 Å². The summed E-state index contributed by atoms with van der Waals surface area (Å²) in [7, 11) is 0. The van der Waals surface area contributed by atoms with E-state index in [-0.39, 0.29) is 0 Å². The van der Waals surface area contributed by atoms with Crippen LogP contribution in [0.4, 0.5) is 0 Å². The molecule has 0 radical (unpaired) electrons. The highest BCUT2D eigenvalue weighted by molar-refractivity contribution is 7.16. The predicted molar refractivity (Wildman–Crippen MR) is 108 cm³/mol. The van der Waals surface area contributed by atoms with Crippen LogP contribution in [0.5, 0.6) is 0 Å². The first-order chi connectivity index (χ1) is 12.6. The Morgan fingerprint density at radius 1 is 0.923 bits per heavy atom. The lowest BCUT2D eigenvalue weighted by molar-refractivity contribution is 0.806. The molecule has 0 amide bonds. The topological polar surface area (TPSA) is 43.6 Å². The lowest BCUT2D eigenvalue weighted by Crippen LogP contribution is -2.08. The van der Waals surface area contributed by atoms with Crippen molar-refractivity contribution >= 4 is 21.6 Å². The van der Waals surface area contributed by atoms with Crippen molar-refractivity contribution in [3.8, 4) is 17.1 Å². The second kappa shape index (κ2) is 6.65. The summed E-state index contributed by atoms with van der Waals surface area (Å²) in [4.78, 5) is 4.56. The first-order valence-electron chi connectivity index (χ1n) is 8.93. The van der Waals surface area contributed by atoms with E-state index >= 15 is 0 Å². The third-order valence-corrected chi connectivity index (χ3v) is 5.53. The number of para-hydroxylation sites is 2. The lowest BCUT2D eigenvalue weighted by atomic mass is 9.92. The number of fused-ring (bicyclic) bond motifs is 1. The molecule has 4 aromatic rings. The second-order valence-corrected chi connectivity index (χ2v) is 8.01. The molecule has 0 aliphatic heterocycles. The molecule has 5 heteroatoms. The van der Waals surface area contributed by atoms with Crippen molar-refractivity contribution in [2.45, 2.75) is 39.5 Å². The molecule has 4 rings (SSSR count). The average molecular weight is 363 g/mol. The van der Waals surface area contributed by atoms with Gasteiger partial charge in [-0.05, 0) is 35.1 Å². The molecule has 0 spiro atoms. The van der Waals surface area contributed by atoms with Crippen LogP contribution in [0.25, 0.3) is 27.3 Å². The van der Waals surface area contributed by atoms with Crippen molar-refractivity contribution in [2.24, 2.45) is 0 Å². The molecule has 0 saturated heterocycles. The fourth-order valence-electron chi connectivity index (χ4n) is 3.44. The highest BCUT2D eigenvalue weighted by Gasteiger charge is 2.20. The van der Waals surface area contributed by atoms with Crippen LogP contribution in [-0.2, 0) is 0 Å². The van der Waals surface area contributed by atoms with Crippen LogP contribution in [0.2, 0.25) is 0 Å². The number of benzene rings is 2. The molecule has 132 valence electrons. The van der Waals surface area contributed by atoms with Gasteiger partial charge in [0.15, 0.2) is 5.82 Å². The van der Waals surface area contributed by atoms with Gasteiger partial charge in [-0.25, -0.2) is 4.98 Å². The van der Waals surface area contributed by atoms with Crippen molar-refractivity contribution in [1.82, 2.24) is 19.7 Å². The largest absolute Gasteiger partial charge is 0.281 e. The number of nitrogens with zero attached hydrogens (tertiary/aromatic N) is 4. The molecule has 0 saturated carbocycles. The summed E-state index contributed by atoms with van der Waals surface area (Å²) in [6, 6.07) is 12.8. The molecular formula is C21H22N4S. The molecule has 0 N–H and O–H groups in total. The number of rotatable bonds is 4. The maximum absolute atomic E-state index is 4.56. The predicted octanol–water partition coefficient (Wildman–Crippen LogP) is 5.79. The van der Waals surface area contributed by atoms with Gasteiger partial charge >= 0.3 is 0 Å². The zero-order valence-electron chi connectivity index (χ0n) is 15.5. The SMILES string of the molecule is CC(C)c1cccc(C(C)C)c1-n1cnnc1-c1cccc2scnc12. The molecule has 0 bridgehead atoms. The second-order valence-electron chi connectivity index (χ2n) is 7.12. The molecule has 0 aliphatic carbocycles. The zero-order chi connectivity index (χ0) is 18.3. The van der Waals surface area contributed by atoms with Gasteiger partial charge in [0.2, 0.25) is 0 Å². The van der Waals surface area contributed by atoms with E-state index in [2.05, 4.69) is 83.8 Å². The van der Waals surface area contributed by atoms with E-state index in [1.165, 1.54) is 21.5 Å². The Kier molecular flexibility index (Phi) is 4.32. The molecule has 0 fully saturated rings. The third-order valence-electron chi connectivity index (χ3n) is 4.73. The van der Waals surface area contributed by atoms with Crippen molar-refractivity contribution in [1.29, 1.82) is 0 Å². The van der Waals surface area contributed by atoms with Gasteiger partial charge in [-0.3, -0.25) is 4.57 Å². The van der Waals surface area contributed by atoms with E-state index in [0.29, 0.717) is 11.8 Å². The molecule has 0 aliphatic rings. The summed E-state index contributed by atoms with van der Waals surface area (Å²) in [5.41, 5.74) is 7.71. The van der Waals surface area contributed by atoms with Crippen molar-refractivity contribution < 1.29 is 0 Å². The van der Waals surface area contributed by atoms with Gasteiger partial charge in [-0.2, -0.15) is 0 Å². The fourth-order valence-corrected chi connectivity index (χ4v) is 4.14. The normalized spacial score (nSPS) is 11.8. The van der Waals surface area contributed by atoms with Crippen LogP contribution in [0.15, 0.2) is 48.2 Å². The number of thiazole rings is 1. The van der Waals surface area contributed by atoms with Crippen molar-refractivity contribution in [2.75, 3.05) is 0 Å². The third kappa shape index (κ3) is 2.72. The van der Waals surface area contributed by atoms with Crippen LogP contribution in [0.3, 0.4) is 0 Å². The minimum atomic E-state index is 0.411. The maximum atomic E-state index is 4.56. The van der Waals surface area contributed by atoms with Gasteiger partial charge in [-0.1, -0.05) is 52.0 Å². The van der Waals surface area contributed by atoms with E-state index in [0.717, 1.165) is 16.9 Å². The standard InChI is InChI=1S/C21H22N4S/c1-13(2)15-7-5-8-16(14(3)4)20(15)25-11-23-24-21(25)17-9-6-10-18-19(17)22-12-26-18/h5-14H,1-4H3. The van der Waals surface area contributed by atoms with E-state index in [1.54, 1.807) is 11.3 Å². The Morgan fingerprint density at radius 2 is 1.62 bits per heavy atom. The average Bonchev–Trinajstić information content (AvgIpc) is 3.29. The first-order valence-corrected chi connectivity index (χ1v) is 9.81. The van der Waals surface area contributed by atoms with Crippen LogP contribution < -0.4 is 0 Å². The van der Waals surface area contributed by atoms with Crippen molar-refractivity contribution in [3.05, 3.63) is 59.4 Å². The van der Waals surface area contributed by atoms with E-state index in [9.17, 15) is 0 Å². The number of aromatic nitrogens is 4. The molecule has 26 heavy (non-hydrogen) atoms. The molecule has 4 nitrogen and oxygen atoms in total. The molecule has 2 aromatic heterocycles. The zero-order valence-corrected chi connectivity index (χ0v) is 16.3. The lowest BCUT2D eigenvalue weighted by Gasteiger charge is -2.21. The molecular weight excluding hydrogens is 340 g/mol. The van der Waals surface area contributed by atoms with Gasteiger partial charge in [0.25, 0.3) is 0 Å². The van der Waals surface area contributed by atoms with E-state index in [1.807, 2.05) is 11.8 Å². The maximum Gasteiger partial charge on any atom is 0.170 e. The summed E-state index contributed by atoms with van der Waals surface area (Å²) in [6.07, 6.45) is 1.83. The van der Waals surface area contributed by atoms with Crippen LogP contribution in [0, 0.1) is 0 Å². The molecule has 0 atom stereocenters. The van der Waals surface area contributed by atoms with Crippen molar-refractivity contribution in [3.63, 3.8) is 0 Å². The van der Waals surface area contributed by atoms with Gasteiger partial charge in [-0.15, -0.1) is 21.5 Å². The van der Waals surface area contributed by atoms with E-state index in [4.69, 9.17) is 0 Å². The number of hydrogen-bond acceptors (Lipinski definition) is 4. The molecule has 0 unspecified atom stereocenters. The minimum absolute atomic E-state index is 0.411. The number of hydrogen-bond donors (Lipinski definition) is 0. The Hall–Kier alpha value is -2.53. The quantitative estimate of drug-likeness (QED) is 0.461. The van der Waals surface area contributed by atoms with Crippen LogP contribution >= 0.6 is 11.3 Å². The molecule has 2 heterocycles. The fraction of sp³-hybridized carbons (Fsp3) is 0.286. The van der Waals surface area contributed by atoms with Gasteiger partial charge in [0, 0.05) is 5.56 Å². The van der Waals surface area contributed by atoms with Gasteiger partial charge in [0.1, 0.15) is 6.33 Å². The van der Waals surface area contributed by atoms with Crippen LogP contribution in [-0.4, -0.2) is 19.7 Å². The first kappa shape index (κ1) is 16.9. The Balaban J connectivity index is 2.01. The smallest absolute Gasteiger partial charge is 0.170 e. The summed E-state index contributed by atoms with van der Waals surface area (Å²) in [5.74, 6) is 1.67. The van der Waals surface area contributed by atoms with E-state index < -0.39 is 0 Å². The minimum Gasteiger partial charge on any atom is -0.281 e. The molecule has 2 aromatic carbocycles. The summed E-state index contributed by atoms with van der Waals surface area (Å²) >= 11 is 1.65. The highest BCUT2D eigenvalue weighted by Crippen LogP contribution is 2.35. The summed E-state index contributed by atoms with van der Waals surface area (Å²) in [5, 5.41) is 8.73. The Labute approximate surface area is 157 Å². The van der Waals surface area contributed by atoms with Gasteiger partial charge in [0.05, 0.1) is 21.4 Å². The Bertz CT molecular complexity index is 1030. The summed E-state index contributed by atoms with van der Waals surface area (Å²) in [6.45, 7) is 8.92. The Morgan fingerprint density at radius 3 is 2.31 bits per heavy atom.